The summed E-state index contributed by atoms with van der Waals surface area (Å²) in [7, 11) is 0. The Labute approximate surface area is 127 Å². The van der Waals surface area contributed by atoms with Crippen LogP contribution in [0.2, 0.25) is 0 Å². The summed E-state index contributed by atoms with van der Waals surface area (Å²) in [5.74, 6) is 0. The fraction of sp³-hybridized carbons (Fsp3) is 0.368. The van der Waals surface area contributed by atoms with Crippen LogP contribution in [-0.4, -0.2) is 13.1 Å². The lowest BCUT2D eigenvalue weighted by Crippen LogP contribution is -2.21. The Kier molecular flexibility index (Phi) is 4.56. The quantitative estimate of drug-likeness (QED) is 0.894. The van der Waals surface area contributed by atoms with E-state index < -0.39 is 0 Å². The van der Waals surface area contributed by atoms with E-state index in [1.54, 1.807) is 0 Å². The molecule has 1 N–H and O–H groups in total. The van der Waals surface area contributed by atoms with Crippen molar-refractivity contribution in [3.05, 3.63) is 65.2 Å². The molecule has 0 unspecified atom stereocenters. The van der Waals surface area contributed by atoms with Crippen molar-refractivity contribution < 1.29 is 0 Å². The molecular formula is C19H24N2. The van der Waals surface area contributed by atoms with Gasteiger partial charge in [-0.05, 0) is 37.0 Å². The molecule has 1 fully saturated rings. The van der Waals surface area contributed by atoms with Gasteiger partial charge in [0, 0.05) is 31.9 Å². The average Bonchev–Trinajstić information content (AvgIpc) is 3.02. The van der Waals surface area contributed by atoms with Gasteiger partial charge < -0.3 is 10.2 Å². The van der Waals surface area contributed by atoms with Crippen LogP contribution in [0.5, 0.6) is 0 Å². The summed E-state index contributed by atoms with van der Waals surface area (Å²) >= 11 is 0. The molecule has 0 spiro atoms. The first-order valence-electron chi connectivity index (χ1n) is 7.92. The monoisotopic (exact) mass is 280 g/mol. The van der Waals surface area contributed by atoms with Crippen molar-refractivity contribution in [2.75, 3.05) is 18.0 Å². The zero-order valence-electron chi connectivity index (χ0n) is 12.8. The van der Waals surface area contributed by atoms with Crippen LogP contribution in [0.1, 0.15) is 29.5 Å². The Balaban J connectivity index is 1.62. The molecule has 0 radical (unpaired) electrons. The molecule has 0 saturated carbocycles. The molecule has 2 heteroatoms. The maximum absolute atomic E-state index is 3.58. The minimum atomic E-state index is 0.927. The second-order valence-electron chi connectivity index (χ2n) is 5.92. The standard InChI is InChI=1S/C19H24N2/c1-16-7-6-8-17(13-16)14-20-15-18-9-2-3-10-19(18)21-11-4-5-12-21/h2-3,6-10,13,20H,4-5,11-12,14-15H2,1H3. The number of hydrogen-bond donors (Lipinski definition) is 1. The van der Waals surface area contributed by atoms with E-state index in [9.17, 15) is 0 Å². The molecule has 2 aromatic rings. The fourth-order valence-corrected chi connectivity index (χ4v) is 3.09. The summed E-state index contributed by atoms with van der Waals surface area (Å²) < 4.78 is 0. The van der Waals surface area contributed by atoms with Crippen LogP contribution in [0.3, 0.4) is 0 Å². The number of nitrogens with zero attached hydrogens (tertiary/aromatic N) is 1. The average molecular weight is 280 g/mol. The van der Waals surface area contributed by atoms with Gasteiger partial charge in [-0.3, -0.25) is 0 Å². The molecule has 2 aromatic carbocycles. The van der Waals surface area contributed by atoms with E-state index in [-0.39, 0.29) is 0 Å². The van der Waals surface area contributed by atoms with Crippen molar-refractivity contribution in [1.82, 2.24) is 5.32 Å². The van der Waals surface area contributed by atoms with Crippen LogP contribution in [0, 0.1) is 6.92 Å². The van der Waals surface area contributed by atoms with Crippen LogP contribution >= 0.6 is 0 Å². The van der Waals surface area contributed by atoms with Gasteiger partial charge in [-0.1, -0.05) is 48.0 Å². The summed E-state index contributed by atoms with van der Waals surface area (Å²) in [6.07, 6.45) is 2.65. The maximum atomic E-state index is 3.58. The lowest BCUT2D eigenvalue weighted by atomic mass is 10.1. The number of para-hydroxylation sites is 1. The summed E-state index contributed by atoms with van der Waals surface area (Å²) in [5, 5.41) is 3.58. The van der Waals surface area contributed by atoms with Crippen molar-refractivity contribution in [3.63, 3.8) is 0 Å². The van der Waals surface area contributed by atoms with E-state index in [0.717, 1.165) is 13.1 Å². The number of rotatable bonds is 5. The molecule has 0 aromatic heterocycles. The number of anilines is 1. The van der Waals surface area contributed by atoms with E-state index in [0.29, 0.717) is 0 Å². The molecule has 1 heterocycles. The SMILES string of the molecule is Cc1cccc(CNCc2ccccc2N2CCCC2)c1. The lowest BCUT2D eigenvalue weighted by Gasteiger charge is -2.21. The second-order valence-corrected chi connectivity index (χ2v) is 5.92. The normalized spacial score (nSPS) is 14.6. The molecule has 0 amide bonds. The van der Waals surface area contributed by atoms with Gasteiger partial charge in [-0.2, -0.15) is 0 Å². The number of hydrogen-bond acceptors (Lipinski definition) is 2. The third-order valence-electron chi connectivity index (χ3n) is 4.17. The van der Waals surface area contributed by atoms with Gasteiger partial charge in [0.2, 0.25) is 0 Å². The molecule has 1 saturated heterocycles. The zero-order chi connectivity index (χ0) is 14.5. The smallest absolute Gasteiger partial charge is 0.0411 e. The molecule has 21 heavy (non-hydrogen) atoms. The predicted molar refractivity (Wildman–Crippen MR) is 89.6 cm³/mol. The topological polar surface area (TPSA) is 15.3 Å². The minimum absolute atomic E-state index is 0.927. The molecule has 0 atom stereocenters. The summed E-state index contributed by atoms with van der Waals surface area (Å²) in [6, 6.07) is 17.5. The molecule has 2 nitrogen and oxygen atoms in total. The minimum Gasteiger partial charge on any atom is -0.371 e. The number of benzene rings is 2. The van der Waals surface area contributed by atoms with Gasteiger partial charge in [-0.25, -0.2) is 0 Å². The lowest BCUT2D eigenvalue weighted by molar-refractivity contribution is 0.691. The summed E-state index contributed by atoms with van der Waals surface area (Å²) in [6.45, 7) is 6.41. The molecular weight excluding hydrogens is 256 g/mol. The predicted octanol–water partition coefficient (Wildman–Crippen LogP) is 3.89. The fourth-order valence-electron chi connectivity index (χ4n) is 3.09. The van der Waals surface area contributed by atoms with Crippen molar-refractivity contribution in [3.8, 4) is 0 Å². The Morgan fingerprint density at radius 2 is 1.76 bits per heavy atom. The van der Waals surface area contributed by atoms with Gasteiger partial charge in [0.15, 0.2) is 0 Å². The third kappa shape index (κ3) is 3.64. The van der Waals surface area contributed by atoms with Crippen LogP contribution < -0.4 is 10.2 Å². The van der Waals surface area contributed by atoms with Crippen LogP contribution in [0.15, 0.2) is 48.5 Å². The van der Waals surface area contributed by atoms with Crippen LogP contribution in [-0.2, 0) is 13.1 Å². The number of nitrogens with one attached hydrogen (secondary N) is 1. The van der Waals surface area contributed by atoms with Gasteiger partial charge in [0.1, 0.15) is 0 Å². The zero-order valence-corrected chi connectivity index (χ0v) is 12.8. The van der Waals surface area contributed by atoms with E-state index >= 15 is 0 Å². The first-order chi connectivity index (χ1) is 10.3. The summed E-state index contributed by atoms with van der Waals surface area (Å²) in [5.41, 5.74) is 5.50. The van der Waals surface area contributed by atoms with E-state index in [1.165, 1.54) is 48.3 Å². The molecule has 1 aliphatic rings. The number of aryl methyl sites for hydroxylation is 1. The highest BCUT2D eigenvalue weighted by molar-refractivity contribution is 5.54. The van der Waals surface area contributed by atoms with Crippen molar-refractivity contribution in [2.24, 2.45) is 0 Å². The van der Waals surface area contributed by atoms with E-state index in [4.69, 9.17) is 0 Å². The Morgan fingerprint density at radius 3 is 2.57 bits per heavy atom. The Hall–Kier alpha value is -1.80. The summed E-state index contributed by atoms with van der Waals surface area (Å²) in [4.78, 5) is 2.52. The molecule has 0 aliphatic carbocycles. The van der Waals surface area contributed by atoms with Gasteiger partial charge in [0.25, 0.3) is 0 Å². The second kappa shape index (κ2) is 6.77. The van der Waals surface area contributed by atoms with Gasteiger partial charge in [0.05, 0.1) is 0 Å². The largest absolute Gasteiger partial charge is 0.371 e. The van der Waals surface area contributed by atoms with Crippen LogP contribution in [0.25, 0.3) is 0 Å². The highest BCUT2D eigenvalue weighted by atomic mass is 15.1. The van der Waals surface area contributed by atoms with Crippen LogP contribution in [0.4, 0.5) is 5.69 Å². The first-order valence-corrected chi connectivity index (χ1v) is 7.92. The molecule has 110 valence electrons. The van der Waals surface area contributed by atoms with Gasteiger partial charge >= 0.3 is 0 Å². The maximum Gasteiger partial charge on any atom is 0.0411 e. The van der Waals surface area contributed by atoms with Crippen molar-refractivity contribution in [1.29, 1.82) is 0 Å². The van der Waals surface area contributed by atoms with Crippen molar-refractivity contribution in [2.45, 2.75) is 32.9 Å². The van der Waals surface area contributed by atoms with Gasteiger partial charge in [-0.15, -0.1) is 0 Å². The Morgan fingerprint density at radius 1 is 0.952 bits per heavy atom. The molecule has 1 aliphatic heterocycles. The molecule has 3 rings (SSSR count). The highest BCUT2D eigenvalue weighted by Crippen LogP contribution is 2.24. The van der Waals surface area contributed by atoms with E-state index in [2.05, 4.69) is 65.7 Å². The first kappa shape index (κ1) is 14.2. The molecule has 0 bridgehead atoms. The highest BCUT2D eigenvalue weighted by Gasteiger charge is 2.14. The van der Waals surface area contributed by atoms with Crippen molar-refractivity contribution >= 4 is 5.69 Å². The van der Waals surface area contributed by atoms with E-state index in [1.807, 2.05) is 0 Å². The third-order valence-corrected chi connectivity index (χ3v) is 4.17. The Bertz CT molecular complexity index is 586.